The average molecular weight is 1200 g/mol. The van der Waals surface area contributed by atoms with E-state index < -0.39 is 123 Å². The van der Waals surface area contributed by atoms with Gasteiger partial charge in [-0.05, 0) is 71.1 Å². The van der Waals surface area contributed by atoms with Crippen molar-refractivity contribution in [1.82, 2.24) is 0 Å². The molecule has 0 amide bonds. The van der Waals surface area contributed by atoms with Crippen molar-refractivity contribution in [3.05, 3.63) is 251 Å². The summed E-state index contributed by atoms with van der Waals surface area (Å²) in [6, 6.07) is 61.1. The first-order valence-electron chi connectivity index (χ1n) is 29.5. The van der Waals surface area contributed by atoms with E-state index in [1.54, 1.807) is 84.9 Å². The topological polar surface area (TPSA) is 219 Å². The van der Waals surface area contributed by atoms with E-state index in [9.17, 15) is 29.4 Å². The molecule has 460 valence electrons. The van der Waals surface area contributed by atoms with Gasteiger partial charge in [-0.1, -0.05) is 184 Å². The highest BCUT2D eigenvalue weighted by atomic mass is 16.8. The van der Waals surface area contributed by atoms with Crippen molar-refractivity contribution >= 4 is 23.9 Å². The van der Waals surface area contributed by atoms with Gasteiger partial charge >= 0.3 is 23.9 Å². The second kappa shape index (κ2) is 30.8. The van der Waals surface area contributed by atoms with E-state index >= 15 is 0 Å². The van der Waals surface area contributed by atoms with Crippen LogP contribution in [0.2, 0.25) is 0 Å². The van der Waals surface area contributed by atoms with Gasteiger partial charge < -0.3 is 67.1 Å². The molecule has 18 heteroatoms. The van der Waals surface area contributed by atoms with Crippen molar-refractivity contribution in [3.63, 3.8) is 0 Å². The van der Waals surface area contributed by atoms with Gasteiger partial charge in [0.05, 0.1) is 68.0 Å². The number of aliphatic hydroxyl groups excluding tert-OH is 1. The normalized spacial score (nSPS) is 26.3. The maximum absolute atomic E-state index is 14.3. The highest BCUT2D eigenvalue weighted by Gasteiger charge is 2.58. The number of rotatable bonds is 26. The molecule has 3 aliphatic heterocycles. The van der Waals surface area contributed by atoms with Crippen molar-refractivity contribution in [2.24, 2.45) is 5.92 Å². The van der Waals surface area contributed by atoms with Gasteiger partial charge in [0.2, 0.25) is 0 Å². The van der Waals surface area contributed by atoms with Crippen LogP contribution in [0.4, 0.5) is 0 Å². The average Bonchev–Trinajstić information content (AvgIpc) is 1.46. The summed E-state index contributed by atoms with van der Waals surface area (Å²) in [5.41, 5.74) is 0.918. The molecular weight excluding hydrogens is 1130 g/mol. The van der Waals surface area contributed by atoms with Crippen LogP contribution in [-0.4, -0.2) is 140 Å². The summed E-state index contributed by atoms with van der Waals surface area (Å²) in [6.07, 6.45) is -15.3. The molecule has 7 aromatic carbocycles. The number of hydrogen-bond acceptors (Lipinski definition) is 18. The first-order chi connectivity index (χ1) is 42.9. The third-order valence-corrected chi connectivity index (χ3v) is 15.7. The second-order valence-corrected chi connectivity index (χ2v) is 21.9. The third kappa shape index (κ3) is 16.2. The Morgan fingerprint density at radius 3 is 1.39 bits per heavy atom. The number of esters is 4. The summed E-state index contributed by atoms with van der Waals surface area (Å²) in [5, 5.41) is 25.1. The molecule has 10 rings (SSSR count). The predicted molar refractivity (Wildman–Crippen MR) is 318 cm³/mol. The summed E-state index contributed by atoms with van der Waals surface area (Å²) in [6.45, 7) is 2.82. The van der Waals surface area contributed by atoms with Gasteiger partial charge in [0.25, 0.3) is 0 Å². The Hall–Kier alpha value is -7.98. The Morgan fingerprint density at radius 2 is 0.898 bits per heavy atom. The van der Waals surface area contributed by atoms with Crippen LogP contribution in [0, 0.1) is 5.92 Å². The second-order valence-electron chi connectivity index (χ2n) is 21.9. The highest BCUT2D eigenvalue weighted by molar-refractivity contribution is 5.91. The monoisotopic (exact) mass is 1200 g/mol. The molecule has 3 fully saturated rings. The standard InChI is InChI=1S/C70H72O18/c1-3-46(2)56-60(59(79-41-49-29-15-6-16-30-49)57(78-40-48-27-13-5-14-28-48)54(83-56)42-77-39-47-25-11-4-12-26-47)88-69-63(71)70(76,45-82-69)44-81-68-62(87-67(75)53-37-23-10-24-38-53)61(86-66(74)52-35-21-9-22-36-52)58(85-65(73)51-33-19-8-20-34-51)55(84-68)43-80-64(72)50-31-17-7-18-32-50/h4-38,46,54-63,68-69,71,76H,3,39-45H2,1-2H3/t46?,54-,55-,56+,57-,58-,59+,60+,61+,62-,63+,68-,69-,70-/m1/s1. The lowest BCUT2D eigenvalue weighted by molar-refractivity contribution is -0.313. The maximum atomic E-state index is 14.3. The number of carbonyl (C=O) groups excluding carboxylic acids is 4. The van der Waals surface area contributed by atoms with Gasteiger partial charge in [0, 0.05) is 0 Å². The van der Waals surface area contributed by atoms with Crippen molar-refractivity contribution < 1.29 is 86.2 Å². The number of benzene rings is 7. The van der Waals surface area contributed by atoms with E-state index in [1.807, 2.05) is 105 Å². The quantitative estimate of drug-likeness (QED) is 0.0381. The lowest BCUT2D eigenvalue weighted by atomic mass is 9.86. The van der Waals surface area contributed by atoms with E-state index in [1.165, 1.54) is 36.4 Å². The lowest BCUT2D eigenvalue weighted by Crippen LogP contribution is -2.64. The molecule has 0 spiro atoms. The Kier molecular flexibility index (Phi) is 22.0. The Bertz CT molecular complexity index is 3280. The molecule has 3 saturated heterocycles. The van der Waals surface area contributed by atoms with Crippen LogP contribution in [0.3, 0.4) is 0 Å². The summed E-state index contributed by atoms with van der Waals surface area (Å²) < 4.78 is 77.8. The fourth-order valence-corrected chi connectivity index (χ4v) is 10.7. The fraction of sp³-hybridized carbons (Fsp3) is 0.343. The zero-order valence-corrected chi connectivity index (χ0v) is 48.8. The summed E-state index contributed by atoms with van der Waals surface area (Å²) in [4.78, 5) is 56.3. The van der Waals surface area contributed by atoms with Gasteiger partial charge in [0.15, 0.2) is 30.9 Å². The SMILES string of the molecule is CCC(C)[C@@H]1O[C@H](COCc2ccccc2)[C@@H](OCc2ccccc2)[C@H](OCc2ccccc2)[C@H]1O[C@H]1OC[C@](O)(CO[C@@H]2O[C@H](COC(=O)c3ccccc3)[C@@H](OC(=O)c3ccccc3)[C@H](OC(=O)c3ccccc3)[C@H]2OC(=O)c2ccccc2)[C@H]1O. The van der Waals surface area contributed by atoms with Crippen molar-refractivity contribution in [3.8, 4) is 0 Å². The van der Waals surface area contributed by atoms with Gasteiger partial charge in [-0.15, -0.1) is 0 Å². The van der Waals surface area contributed by atoms with Crippen molar-refractivity contribution in [1.29, 1.82) is 0 Å². The third-order valence-electron chi connectivity index (χ3n) is 15.7. The Labute approximate surface area is 511 Å². The van der Waals surface area contributed by atoms with Crippen LogP contribution in [0.15, 0.2) is 212 Å². The minimum absolute atomic E-state index is 0.0801. The molecule has 0 saturated carbocycles. The zero-order valence-electron chi connectivity index (χ0n) is 48.8. The predicted octanol–water partition coefficient (Wildman–Crippen LogP) is 9.30. The van der Waals surface area contributed by atoms with Crippen LogP contribution in [-0.2, 0) is 76.7 Å². The molecule has 0 aromatic heterocycles. The van der Waals surface area contributed by atoms with Gasteiger partial charge in [-0.25, -0.2) is 19.2 Å². The van der Waals surface area contributed by atoms with Crippen LogP contribution >= 0.6 is 0 Å². The van der Waals surface area contributed by atoms with Gasteiger partial charge in [-0.3, -0.25) is 0 Å². The Morgan fingerprint density at radius 1 is 0.477 bits per heavy atom. The van der Waals surface area contributed by atoms with Crippen molar-refractivity contribution in [2.75, 3.05) is 26.4 Å². The van der Waals surface area contributed by atoms with Crippen molar-refractivity contribution in [2.45, 2.75) is 119 Å². The van der Waals surface area contributed by atoms with Crippen LogP contribution < -0.4 is 0 Å². The molecule has 14 atom stereocenters. The van der Waals surface area contributed by atoms with Gasteiger partial charge in [0.1, 0.15) is 48.8 Å². The summed E-state index contributed by atoms with van der Waals surface area (Å²) >= 11 is 0. The molecule has 0 radical (unpaired) electrons. The largest absolute Gasteiger partial charge is 0.459 e. The molecule has 3 aliphatic rings. The number of hydrogen-bond donors (Lipinski definition) is 2. The number of carbonyl (C=O) groups is 4. The van der Waals surface area contributed by atoms with E-state index in [4.69, 9.17) is 56.8 Å². The first-order valence-corrected chi connectivity index (χ1v) is 29.5. The first kappa shape index (κ1) is 63.1. The van der Waals surface area contributed by atoms with Crippen LogP contribution in [0.5, 0.6) is 0 Å². The minimum Gasteiger partial charge on any atom is -0.459 e. The molecule has 7 aromatic rings. The van der Waals surface area contributed by atoms with Crippen LogP contribution in [0.1, 0.15) is 78.4 Å². The molecule has 1 unspecified atom stereocenters. The summed E-state index contributed by atoms with van der Waals surface area (Å²) in [5.74, 6) is -3.67. The molecule has 18 nitrogen and oxygen atoms in total. The smallest absolute Gasteiger partial charge is 0.338 e. The molecule has 88 heavy (non-hydrogen) atoms. The van der Waals surface area contributed by atoms with E-state index in [0.29, 0.717) is 13.0 Å². The lowest BCUT2D eigenvalue weighted by Gasteiger charge is -2.48. The fourth-order valence-electron chi connectivity index (χ4n) is 10.7. The van der Waals surface area contributed by atoms with E-state index in [0.717, 1.165) is 16.7 Å². The van der Waals surface area contributed by atoms with E-state index in [2.05, 4.69) is 0 Å². The molecule has 0 bridgehead atoms. The Balaban J connectivity index is 0.960. The molecule has 3 heterocycles. The van der Waals surface area contributed by atoms with E-state index in [-0.39, 0.29) is 48.0 Å². The zero-order chi connectivity index (χ0) is 61.2. The number of ether oxygens (including phenoxy) is 12. The maximum Gasteiger partial charge on any atom is 0.338 e. The van der Waals surface area contributed by atoms with Gasteiger partial charge in [-0.2, -0.15) is 0 Å². The van der Waals surface area contributed by atoms with Crippen LogP contribution in [0.25, 0.3) is 0 Å². The molecule has 2 N–H and O–H groups in total. The number of aliphatic hydroxyl groups is 2. The minimum atomic E-state index is -2.29. The highest BCUT2D eigenvalue weighted by Crippen LogP contribution is 2.39. The summed E-state index contributed by atoms with van der Waals surface area (Å²) in [7, 11) is 0. The molecule has 0 aliphatic carbocycles. The molecular formula is C70H72O18.